The number of aliphatic hydroxyl groups is 1. The van der Waals surface area contributed by atoms with Crippen LogP contribution in [-0.4, -0.2) is 205 Å². The summed E-state index contributed by atoms with van der Waals surface area (Å²) in [6.07, 6.45) is 10.7. The standard InChI is InChI=1S/C87H100N24O17.C2HF3O2/c1-12-87(126)60-38-63-74-50(39-111(63)85(124)59(60)47-128-86(87)125)29-49-30-58(18-19-61(49)101-74)127-48-73(114)89-22-15-13-14-17-72(113)100-62(20-24-91-77(116)64-31-52(41-104(64)5)94-80(119)68-35-56(45-108(68)9)98-83(122)70-37-57(46-110(70)11)99-84(123)75-90-26-28-103(75)4)76(115)93-51-33-66(106(7)40-51)79(118)96-54-36-69(109(10)43-54)82(121)97-55-34-67(107(8)44-55)81(120)95-53-32-65(105(6)42-53)78(117)92-25-21-71(112)88-23-16-27-102(2)3;3-2(4,5)1(6)7/h18-19,26,28-38,40-46,62,126H,12-17,20-25,27,39,47-48H2,1-11H3,(H,88,112)(H,89,114)(H,91,116)(H,92,117)(H,93,115)(H,94,119)(H,95,120)(H,96,118)(H,97,121)(H,98,122)(H,99,123)(H,100,113);(H,6,7)/t62-,87+;/m1./s1. The maximum Gasteiger partial charge on any atom is 0.430 e. The molecule has 2 atom stereocenters. The number of pyridine rings is 2. The molecule has 0 fully saturated rings. The number of esters is 1. The molecule has 135 heavy (non-hydrogen) atoms. The summed E-state index contributed by atoms with van der Waals surface area (Å²) in [5.41, 5.74) is 3.34. The molecule has 2 aliphatic rings. The number of nitrogens with one attached hydrogen (secondary N) is 13. The maximum atomic E-state index is 14.4. The number of carbonyl (C=O) groups excluding carboxylic acids is 14. The van der Waals surface area contributed by atoms with Crippen LogP contribution in [0.5, 0.6) is 5.75 Å². The molecule has 0 radical (unpaired) electrons. The smallest absolute Gasteiger partial charge is 0.430 e. The fourth-order valence-electron chi connectivity index (χ4n) is 15.1. The van der Waals surface area contributed by atoms with Gasteiger partial charge in [0.1, 0.15) is 64.2 Å². The predicted molar refractivity (Wildman–Crippen MR) is 481 cm³/mol. The Balaban J connectivity index is 0.00000225. The first-order chi connectivity index (χ1) is 64.0. The minimum Gasteiger partial charge on any atom is -0.542 e. The Kier molecular flexibility index (Phi) is 30.4. The van der Waals surface area contributed by atoms with Gasteiger partial charge in [0.05, 0.1) is 89.5 Å². The lowest BCUT2D eigenvalue weighted by atomic mass is 9.86. The van der Waals surface area contributed by atoms with Gasteiger partial charge in [0, 0.05) is 174 Å². The molecule has 0 saturated carbocycles. The molecule has 12 amide bonds. The molecule has 0 spiro atoms. The Morgan fingerprint density at radius 1 is 0.526 bits per heavy atom. The van der Waals surface area contributed by atoms with Crippen molar-refractivity contribution in [2.45, 2.75) is 89.3 Å². The number of halogens is 3. The van der Waals surface area contributed by atoms with Crippen molar-refractivity contribution >= 4 is 134 Å². The number of quaternary nitrogens is 1. The first kappa shape index (κ1) is 97.9. The molecule has 712 valence electrons. The van der Waals surface area contributed by atoms with Crippen molar-refractivity contribution in [3.05, 3.63) is 201 Å². The molecule has 13 rings (SSSR count). The number of carbonyl (C=O) groups is 14. The highest BCUT2D eigenvalue weighted by Gasteiger charge is 2.46. The van der Waals surface area contributed by atoms with Gasteiger partial charge in [-0.1, -0.05) is 13.3 Å². The zero-order valence-corrected chi connectivity index (χ0v) is 75.4. The van der Waals surface area contributed by atoms with Crippen LogP contribution >= 0.6 is 0 Å². The van der Waals surface area contributed by atoms with Crippen LogP contribution in [-0.2, 0) is 109 Å². The number of imidazole rings is 1. The normalized spacial score (nSPS) is 13.2. The summed E-state index contributed by atoms with van der Waals surface area (Å²) in [6, 6.07) is 17.6. The molecular formula is C89H101F3N24O19. The summed E-state index contributed by atoms with van der Waals surface area (Å²) >= 11 is 0. The van der Waals surface area contributed by atoms with Gasteiger partial charge in [0.15, 0.2) is 18.0 Å². The van der Waals surface area contributed by atoms with E-state index in [0.29, 0.717) is 65.2 Å². The van der Waals surface area contributed by atoms with Crippen LogP contribution in [0.15, 0.2) is 133 Å². The number of nitrogens with zero attached hydrogens (tertiary/aromatic N) is 11. The second-order valence-corrected chi connectivity index (χ2v) is 32.7. The number of anilines is 7. The number of aryl methyl sites for hydroxylation is 8. The number of rotatable bonds is 37. The van der Waals surface area contributed by atoms with Gasteiger partial charge >= 0.3 is 12.1 Å². The number of fused-ring (bicyclic) bond motifs is 5. The topological polar surface area (TPSA) is 537 Å². The van der Waals surface area contributed by atoms with Crippen molar-refractivity contribution in [1.29, 1.82) is 0 Å². The third-order valence-corrected chi connectivity index (χ3v) is 22.2. The molecule has 14 N–H and O–H groups in total. The number of alkyl halides is 3. The lowest BCUT2D eigenvalue weighted by Crippen LogP contribution is -3.05. The monoisotopic (exact) mass is 1870 g/mol. The van der Waals surface area contributed by atoms with Gasteiger partial charge in [-0.05, 0) is 98.5 Å². The first-order valence-electron chi connectivity index (χ1n) is 42.5. The van der Waals surface area contributed by atoms with Gasteiger partial charge < -0.3 is 134 Å². The zero-order chi connectivity index (χ0) is 97.8. The van der Waals surface area contributed by atoms with Gasteiger partial charge in [-0.15, -0.1) is 0 Å². The molecule has 12 heterocycles. The SMILES string of the molecule is CC[C@@]1(O)C(=O)OCc2c1cc1n(c2=O)Cc2cc3cc(OCC(=O)NCCCCCC(=O)N[C@H](CCNC(=O)c4cc(NC(=O)c5cc(NC(=O)c6cc(NC(=O)c7nccn7C)cn6C)cn5C)cn4C)C(=O)Nc4cc(C(=O)Nc5cc(C(=O)Nc6cc(C(=O)Nc7cc(C(=O)NCCC(=O)NCCC[NH+](C)C)n(C)c7)n(C)c6)n(C)c5)n(C)c4)ccc3nc2-1.O=C([O-])C(F)(F)F. The number of carboxylic acid groups (broad SMARTS) is 1. The van der Waals surface area contributed by atoms with Crippen LogP contribution in [0, 0.1) is 0 Å². The second kappa shape index (κ2) is 41.9. The Labute approximate surface area is 767 Å². The number of aliphatic carboxylic acids is 1. The number of carboxylic acids is 1. The zero-order valence-electron chi connectivity index (χ0n) is 75.4. The third-order valence-electron chi connectivity index (χ3n) is 22.2. The van der Waals surface area contributed by atoms with E-state index >= 15 is 0 Å². The van der Waals surface area contributed by atoms with Crippen LogP contribution in [0.4, 0.5) is 53.0 Å². The first-order valence-corrected chi connectivity index (χ1v) is 42.5. The largest absolute Gasteiger partial charge is 0.542 e. The number of amides is 12. The minimum atomic E-state index is -5.19. The molecule has 2 aliphatic heterocycles. The van der Waals surface area contributed by atoms with Crippen molar-refractivity contribution in [1.82, 2.24) is 77.7 Å². The molecule has 0 aliphatic carbocycles. The average molecular weight is 1870 g/mol. The molecule has 0 saturated heterocycles. The maximum absolute atomic E-state index is 14.4. The predicted octanol–water partition coefficient (Wildman–Crippen LogP) is 2.76. The third kappa shape index (κ3) is 23.8. The molecule has 11 aromatic rings. The summed E-state index contributed by atoms with van der Waals surface area (Å²) in [4.78, 5) is 207. The van der Waals surface area contributed by atoms with E-state index in [-0.39, 0.29) is 162 Å². The number of hydrogen-bond donors (Lipinski definition) is 14. The van der Waals surface area contributed by atoms with E-state index in [4.69, 9.17) is 24.4 Å². The van der Waals surface area contributed by atoms with E-state index < -0.39 is 94.7 Å². The second-order valence-electron chi connectivity index (χ2n) is 32.7. The van der Waals surface area contributed by atoms with Gasteiger partial charge in [0.25, 0.3) is 58.7 Å². The van der Waals surface area contributed by atoms with Crippen molar-refractivity contribution < 1.29 is 105 Å². The van der Waals surface area contributed by atoms with Gasteiger partial charge in [0.2, 0.25) is 17.7 Å². The quantitative estimate of drug-likeness (QED) is 0.0197. The van der Waals surface area contributed by atoms with E-state index in [1.807, 2.05) is 20.2 Å². The van der Waals surface area contributed by atoms with Gasteiger partial charge in [-0.3, -0.25) is 62.3 Å². The highest BCUT2D eigenvalue weighted by Crippen LogP contribution is 2.40. The van der Waals surface area contributed by atoms with E-state index in [1.165, 1.54) is 106 Å². The lowest BCUT2D eigenvalue weighted by molar-refractivity contribution is -0.858. The summed E-state index contributed by atoms with van der Waals surface area (Å²) in [5, 5.41) is 54.2. The Hall–Kier alpha value is -16.2. The Bertz CT molecular complexity index is 6550. The van der Waals surface area contributed by atoms with Crippen LogP contribution in [0.25, 0.3) is 22.3 Å². The molecule has 43 nitrogen and oxygen atoms in total. The lowest BCUT2D eigenvalue weighted by Gasteiger charge is -2.31. The van der Waals surface area contributed by atoms with Crippen molar-refractivity contribution in [2.75, 3.05) is 90.6 Å². The summed E-state index contributed by atoms with van der Waals surface area (Å²) in [5.74, 6) is -9.41. The van der Waals surface area contributed by atoms with Crippen molar-refractivity contribution in [2.24, 2.45) is 56.4 Å². The fourth-order valence-corrected chi connectivity index (χ4v) is 15.1. The van der Waals surface area contributed by atoms with Crippen molar-refractivity contribution in [3.8, 4) is 17.1 Å². The number of benzene rings is 1. The van der Waals surface area contributed by atoms with Crippen LogP contribution in [0.2, 0.25) is 0 Å². The van der Waals surface area contributed by atoms with E-state index in [9.17, 15) is 85.4 Å². The summed E-state index contributed by atoms with van der Waals surface area (Å²) in [7, 11) is 17.0. The molecule has 46 heteroatoms. The number of hydrogen-bond acceptors (Lipinski definition) is 21. The molecule has 0 bridgehead atoms. The number of cyclic esters (lactones) is 1. The molecule has 0 unspecified atom stereocenters. The fraction of sp³-hybridized carbons (Fsp3) is 0.337. The number of ether oxygens (including phenoxy) is 2. The Morgan fingerprint density at radius 2 is 0.970 bits per heavy atom. The molecular weight excluding hydrogens is 1770 g/mol. The Morgan fingerprint density at radius 3 is 1.42 bits per heavy atom. The summed E-state index contributed by atoms with van der Waals surface area (Å²) < 4.78 is 56.2. The average Bonchev–Trinajstić information content (AvgIpc) is 1.62. The number of aromatic nitrogens is 11. The van der Waals surface area contributed by atoms with Crippen LogP contribution in [0.1, 0.15) is 159 Å². The van der Waals surface area contributed by atoms with Gasteiger partial charge in [-0.25, -0.2) is 14.8 Å². The highest BCUT2D eigenvalue weighted by molar-refractivity contribution is 6.11. The minimum absolute atomic E-state index is 0.0105. The highest BCUT2D eigenvalue weighted by atomic mass is 19.4. The van der Waals surface area contributed by atoms with E-state index in [2.05, 4.69) is 68.8 Å². The van der Waals surface area contributed by atoms with E-state index in [1.54, 1.807) is 126 Å². The summed E-state index contributed by atoms with van der Waals surface area (Å²) in [6.45, 7) is 2.92. The molecule has 10 aromatic heterocycles. The van der Waals surface area contributed by atoms with Crippen LogP contribution < -0.4 is 84.1 Å². The number of unbranched alkanes of at least 4 members (excludes halogenated alkanes) is 2. The molecule has 1 aromatic carbocycles. The van der Waals surface area contributed by atoms with Crippen LogP contribution in [0.3, 0.4) is 0 Å². The van der Waals surface area contributed by atoms with E-state index in [0.717, 1.165) is 18.5 Å². The van der Waals surface area contributed by atoms with Gasteiger partial charge in [-0.2, -0.15) is 13.2 Å². The van der Waals surface area contributed by atoms with Crippen molar-refractivity contribution in [3.63, 3.8) is 0 Å².